The number of hydrazine groups is 1. The van der Waals surface area contributed by atoms with Crippen LogP contribution >= 0.6 is 0 Å². The van der Waals surface area contributed by atoms with Crippen molar-refractivity contribution in [1.29, 1.82) is 0 Å². The maximum absolute atomic E-state index is 5.66. The van der Waals surface area contributed by atoms with Crippen LogP contribution in [0.2, 0.25) is 0 Å². The molecule has 1 atom stereocenters. The molecule has 94 valence electrons. The minimum absolute atomic E-state index is 0.0293. The molecule has 0 bridgehead atoms. The summed E-state index contributed by atoms with van der Waals surface area (Å²) in [5.74, 6) is 5.66. The van der Waals surface area contributed by atoms with Crippen LogP contribution in [0.3, 0.4) is 0 Å². The zero-order chi connectivity index (χ0) is 13.0. The van der Waals surface area contributed by atoms with Crippen molar-refractivity contribution in [2.75, 3.05) is 0 Å². The Hall–Kier alpha value is -1.85. The lowest BCUT2D eigenvalue weighted by Crippen LogP contribution is -2.30. The molecule has 0 aliphatic heterocycles. The Morgan fingerprint density at radius 2 is 1.94 bits per heavy atom. The third-order valence-corrected chi connectivity index (χ3v) is 2.91. The summed E-state index contributed by atoms with van der Waals surface area (Å²) in [6.07, 6.45) is 4.36. The molecule has 2 rings (SSSR count). The lowest BCUT2D eigenvalue weighted by molar-refractivity contribution is 0.544. The first-order valence-corrected chi connectivity index (χ1v) is 5.86. The summed E-state index contributed by atoms with van der Waals surface area (Å²) in [6.45, 7) is 3.87. The van der Waals surface area contributed by atoms with Crippen LogP contribution in [0.15, 0.2) is 30.6 Å². The molecule has 0 amide bonds. The Labute approximate surface area is 106 Å². The summed E-state index contributed by atoms with van der Waals surface area (Å²) in [5, 5.41) is 8.17. The second kappa shape index (κ2) is 5.66. The molecule has 0 aliphatic carbocycles. The third kappa shape index (κ3) is 2.88. The highest BCUT2D eigenvalue weighted by molar-refractivity contribution is 5.26. The second-order valence-electron chi connectivity index (χ2n) is 4.31. The van der Waals surface area contributed by atoms with Gasteiger partial charge in [-0.05, 0) is 49.6 Å². The number of hydrogen-bond donors (Lipinski definition) is 2. The topological polar surface area (TPSA) is 76.7 Å². The van der Waals surface area contributed by atoms with Crippen molar-refractivity contribution in [2.45, 2.75) is 26.3 Å². The van der Waals surface area contributed by atoms with Gasteiger partial charge in [0.25, 0.3) is 0 Å². The second-order valence-corrected chi connectivity index (χ2v) is 4.31. The van der Waals surface area contributed by atoms with Gasteiger partial charge in [-0.2, -0.15) is 10.2 Å². The summed E-state index contributed by atoms with van der Waals surface area (Å²) < 4.78 is 0. The smallest absolute Gasteiger partial charge is 0.0648 e. The van der Waals surface area contributed by atoms with Crippen molar-refractivity contribution < 1.29 is 0 Å². The molecule has 2 aromatic heterocycles. The average molecular weight is 243 g/mol. The molecular formula is C13H17N5. The number of aryl methyl sites for hydroxylation is 2. The van der Waals surface area contributed by atoms with Gasteiger partial charge in [-0.3, -0.25) is 16.3 Å². The third-order valence-electron chi connectivity index (χ3n) is 2.91. The summed E-state index contributed by atoms with van der Waals surface area (Å²) in [4.78, 5) is 4.01. The van der Waals surface area contributed by atoms with E-state index in [4.69, 9.17) is 5.84 Å². The highest BCUT2D eigenvalue weighted by Gasteiger charge is 2.14. The molecular weight excluding hydrogens is 226 g/mol. The number of nitrogens with two attached hydrogens (primary N) is 1. The molecule has 3 N–H and O–H groups in total. The van der Waals surface area contributed by atoms with Gasteiger partial charge in [0.05, 0.1) is 17.4 Å². The zero-order valence-electron chi connectivity index (χ0n) is 10.6. The standard InChI is InChI=1S/C13H17N5/c1-9-7-12(10(2)18-17-9)13(16-14)8-11-3-5-15-6-4-11/h3-7,13,16H,8,14H2,1-2H3. The minimum Gasteiger partial charge on any atom is -0.271 e. The van der Waals surface area contributed by atoms with Crippen molar-refractivity contribution in [3.8, 4) is 0 Å². The van der Waals surface area contributed by atoms with Crippen LogP contribution in [0.5, 0.6) is 0 Å². The highest BCUT2D eigenvalue weighted by atomic mass is 15.2. The van der Waals surface area contributed by atoms with E-state index in [0.717, 1.165) is 23.4 Å². The van der Waals surface area contributed by atoms with E-state index in [1.54, 1.807) is 12.4 Å². The van der Waals surface area contributed by atoms with E-state index in [2.05, 4.69) is 20.6 Å². The predicted octanol–water partition coefficient (Wildman–Crippen LogP) is 1.24. The van der Waals surface area contributed by atoms with Crippen molar-refractivity contribution in [1.82, 2.24) is 20.6 Å². The molecule has 0 saturated carbocycles. The van der Waals surface area contributed by atoms with Crippen molar-refractivity contribution in [2.24, 2.45) is 5.84 Å². The summed E-state index contributed by atoms with van der Waals surface area (Å²) >= 11 is 0. The Kier molecular flexibility index (Phi) is 3.96. The fraction of sp³-hybridized carbons (Fsp3) is 0.308. The largest absolute Gasteiger partial charge is 0.271 e. The van der Waals surface area contributed by atoms with Crippen LogP contribution in [0.4, 0.5) is 0 Å². The van der Waals surface area contributed by atoms with Gasteiger partial charge >= 0.3 is 0 Å². The van der Waals surface area contributed by atoms with Crippen molar-refractivity contribution in [3.63, 3.8) is 0 Å². The van der Waals surface area contributed by atoms with Gasteiger partial charge < -0.3 is 0 Å². The van der Waals surface area contributed by atoms with Crippen LogP contribution < -0.4 is 11.3 Å². The fourth-order valence-electron chi connectivity index (χ4n) is 1.94. The lowest BCUT2D eigenvalue weighted by atomic mass is 9.99. The van der Waals surface area contributed by atoms with Crippen LogP contribution in [0.25, 0.3) is 0 Å². The van der Waals surface area contributed by atoms with Crippen molar-refractivity contribution in [3.05, 3.63) is 53.1 Å². The predicted molar refractivity (Wildman–Crippen MR) is 69.5 cm³/mol. The number of aromatic nitrogens is 3. The number of nitrogens with one attached hydrogen (secondary N) is 1. The minimum atomic E-state index is 0.0293. The normalized spacial score (nSPS) is 12.4. The first-order valence-electron chi connectivity index (χ1n) is 5.86. The molecule has 0 radical (unpaired) electrons. The first-order chi connectivity index (χ1) is 8.70. The molecule has 2 aromatic rings. The van der Waals surface area contributed by atoms with Crippen LogP contribution in [-0.4, -0.2) is 15.2 Å². The van der Waals surface area contributed by atoms with E-state index in [9.17, 15) is 0 Å². The first kappa shape index (κ1) is 12.6. The SMILES string of the molecule is Cc1cc(C(Cc2ccncc2)NN)c(C)nn1. The van der Waals surface area contributed by atoms with Gasteiger partial charge in [0.1, 0.15) is 0 Å². The molecule has 0 spiro atoms. The zero-order valence-corrected chi connectivity index (χ0v) is 10.6. The van der Waals surface area contributed by atoms with E-state index in [1.807, 2.05) is 32.0 Å². The van der Waals surface area contributed by atoms with Gasteiger partial charge in [-0.1, -0.05) is 0 Å². The summed E-state index contributed by atoms with van der Waals surface area (Å²) in [7, 11) is 0. The summed E-state index contributed by atoms with van der Waals surface area (Å²) in [5.41, 5.74) is 6.91. The van der Waals surface area contributed by atoms with Crippen LogP contribution in [0, 0.1) is 13.8 Å². The van der Waals surface area contributed by atoms with Gasteiger partial charge in [0.2, 0.25) is 0 Å². The molecule has 0 fully saturated rings. The molecule has 5 nitrogen and oxygen atoms in total. The molecule has 1 unspecified atom stereocenters. The van der Waals surface area contributed by atoms with E-state index >= 15 is 0 Å². The molecule has 0 aliphatic rings. The highest BCUT2D eigenvalue weighted by Crippen LogP contribution is 2.19. The molecule has 0 aromatic carbocycles. The number of hydrogen-bond acceptors (Lipinski definition) is 5. The van der Waals surface area contributed by atoms with Crippen molar-refractivity contribution >= 4 is 0 Å². The van der Waals surface area contributed by atoms with Crippen LogP contribution in [0.1, 0.15) is 28.6 Å². The van der Waals surface area contributed by atoms with Crippen LogP contribution in [-0.2, 0) is 6.42 Å². The fourth-order valence-corrected chi connectivity index (χ4v) is 1.94. The Morgan fingerprint density at radius 1 is 1.22 bits per heavy atom. The van der Waals surface area contributed by atoms with Gasteiger partial charge in [0.15, 0.2) is 0 Å². The number of nitrogens with zero attached hydrogens (tertiary/aromatic N) is 3. The van der Waals surface area contributed by atoms with Gasteiger partial charge in [-0.15, -0.1) is 0 Å². The lowest BCUT2D eigenvalue weighted by Gasteiger charge is -2.18. The Morgan fingerprint density at radius 3 is 2.61 bits per heavy atom. The number of pyridine rings is 1. The molecule has 18 heavy (non-hydrogen) atoms. The van der Waals surface area contributed by atoms with Gasteiger partial charge in [-0.25, -0.2) is 0 Å². The maximum Gasteiger partial charge on any atom is 0.0648 e. The Balaban J connectivity index is 2.26. The Bertz CT molecular complexity index is 512. The molecule has 2 heterocycles. The average Bonchev–Trinajstić information content (AvgIpc) is 2.40. The maximum atomic E-state index is 5.66. The van der Waals surface area contributed by atoms with Gasteiger partial charge in [0, 0.05) is 12.4 Å². The molecule has 5 heteroatoms. The van der Waals surface area contributed by atoms with E-state index in [0.29, 0.717) is 0 Å². The quantitative estimate of drug-likeness (QED) is 0.624. The monoisotopic (exact) mass is 243 g/mol. The van der Waals surface area contributed by atoms with E-state index < -0.39 is 0 Å². The summed E-state index contributed by atoms with van der Waals surface area (Å²) in [6, 6.07) is 6.03. The number of rotatable bonds is 4. The van der Waals surface area contributed by atoms with E-state index in [-0.39, 0.29) is 6.04 Å². The molecule has 0 saturated heterocycles. The van der Waals surface area contributed by atoms with E-state index in [1.165, 1.54) is 5.56 Å².